The van der Waals surface area contributed by atoms with E-state index in [0.29, 0.717) is 33.8 Å². The summed E-state index contributed by atoms with van der Waals surface area (Å²) < 4.78 is 5.94. The van der Waals surface area contributed by atoms with Crippen molar-refractivity contribution in [3.05, 3.63) is 64.8 Å². The highest BCUT2D eigenvalue weighted by atomic mass is 16.3. The van der Waals surface area contributed by atoms with Crippen LogP contribution in [0.25, 0.3) is 33.8 Å². The van der Waals surface area contributed by atoms with Crippen LogP contribution in [-0.4, -0.2) is 15.1 Å². The quantitative estimate of drug-likeness (QED) is 0.561. The van der Waals surface area contributed by atoms with E-state index in [9.17, 15) is 10.4 Å². The summed E-state index contributed by atoms with van der Waals surface area (Å²) in [6, 6.07) is 13.1. The molecule has 2 aromatic carbocycles. The first-order chi connectivity index (χ1) is 13.5. The maximum absolute atomic E-state index is 9.41. The molecule has 0 aliphatic carbocycles. The number of aliphatic hydroxyl groups is 1. The first-order valence-electron chi connectivity index (χ1n) is 8.79. The summed E-state index contributed by atoms with van der Waals surface area (Å²) in [5, 5.41) is 18.8. The SMILES string of the molecule is Cc1c(-c2nc3cc(CO)cc(C#N)c3o2)cccc1-c1nccc(N)c1C. The molecule has 0 aliphatic heterocycles. The van der Waals surface area contributed by atoms with Gasteiger partial charge in [0.15, 0.2) is 5.58 Å². The minimum atomic E-state index is -0.165. The lowest BCUT2D eigenvalue weighted by Gasteiger charge is -2.12. The number of fused-ring (bicyclic) bond motifs is 1. The largest absolute Gasteiger partial charge is 0.435 e. The molecule has 2 aromatic heterocycles. The lowest BCUT2D eigenvalue weighted by atomic mass is 9.97. The van der Waals surface area contributed by atoms with Crippen molar-refractivity contribution in [1.82, 2.24) is 9.97 Å². The number of hydrogen-bond donors (Lipinski definition) is 2. The Morgan fingerprint density at radius 1 is 1.14 bits per heavy atom. The number of benzene rings is 2. The van der Waals surface area contributed by atoms with Crippen molar-refractivity contribution in [2.24, 2.45) is 0 Å². The summed E-state index contributed by atoms with van der Waals surface area (Å²) in [5.74, 6) is 0.419. The molecule has 6 heteroatoms. The third-order valence-corrected chi connectivity index (χ3v) is 4.92. The zero-order valence-corrected chi connectivity index (χ0v) is 15.5. The maximum Gasteiger partial charge on any atom is 0.227 e. The van der Waals surface area contributed by atoms with Crippen LogP contribution in [0.4, 0.5) is 5.69 Å². The van der Waals surface area contributed by atoms with Crippen LogP contribution < -0.4 is 5.73 Å². The molecule has 0 bridgehead atoms. The lowest BCUT2D eigenvalue weighted by Crippen LogP contribution is -1.97. The molecule has 0 fully saturated rings. The monoisotopic (exact) mass is 370 g/mol. The number of aromatic nitrogens is 2. The van der Waals surface area contributed by atoms with Crippen molar-refractivity contribution in [1.29, 1.82) is 5.26 Å². The van der Waals surface area contributed by atoms with Crippen molar-refractivity contribution < 1.29 is 9.52 Å². The summed E-state index contributed by atoms with van der Waals surface area (Å²) in [4.78, 5) is 9.06. The van der Waals surface area contributed by atoms with Gasteiger partial charge in [0.2, 0.25) is 5.89 Å². The van der Waals surface area contributed by atoms with Crippen LogP contribution in [0.1, 0.15) is 22.3 Å². The van der Waals surface area contributed by atoms with Gasteiger partial charge in [0.25, 0.3) is 0 Å². The fourth-order valence-electron chi connectivity index (χ4n) is 3.33. The molecule has 0 amide bonds. The van der Waals surface area contributed by atoms with Crippen LogP contribution in [0.2, 0.25) is 0 Å². The van der Waals surface area contributed by atoms with Crippen molar-refractivity contribution in [2.75, 3.05) is 5.73 Å². The van der Waals surface area contributed by atoms with Crippen molar-refractivity contribution in [2.45, 2.75) is 20.5 Å². The topological polar surface area (TPSA) is 109 Å². The van der Waals surface area contributed by atoms with Gasteiger partial charge in [0, 0.05) is 23.0 Å². The highest BCUT2D eigenvalue weighted by Crippen LogP contribution is 2.35. The van der Waals surface area contributed by atoms with Gasteiger partial charge in [0.05, 0.1) is 17.9 Å². The Morgan fingerprint density at radius 2 is 1.93 bits per heavy atom. The van der Waals surface area contributed by atoms with E-state index in [2.05, 4.69) is 16.0 Å². The molecule has 2 heterocycles. The molecular formula is C22H18N4O2. The third-order valence-electron chi connectivity index (χ3n) is 4.92. The Morgan fingerprint density at radius 3 is 2.68 bits per heavy atom. The van der Waals surface area contributed by atoms with Crippen molar-refractivity contribution in [3.8, 4) is 28.8 Å². The fraction of sp³-hybridized carbons (Fsp3) is 0.136. The lowest BCUT2D eigenvalue weighted by molar-refractivity contribution is 0.282. The molecule has 28 heavy (non-hydrogen) atoms. The molecule has 0 radical (unpaired) electrons. The smallest absolute Gasteiger partial charge is 0.227 e. The number of nitrogens with two attached hydrogens (primary N) is 1. The van der Waals surface area contributed by atoms with Crippen LogP contribution in [0.5, 0.6) is 0 Å². The molecule has 4 aromatic rings. The van der Waals surface area contributed by atoms with Crippen LogP contribution in [0.3, 0.4) is 0 Å². The second-order valence-electron chi connectivity index (χ2n) is 6.63. The Bertz CT molecular complexity index is 1250. The van der Waals surface area contributed by atoms with E-state index >= 15 is 0 Å². The molecule has 0 unspecified atom stereocenters. The van der Waals surface area contributed by atoms with Gasteiger partial charge in [-0.2, -0.15) is 5.26 Å². The van der Waals surface area contributed by atoms with E-state index in [4.69, 9.17) is 10.2 Å². The number of hydrogen-bond acceptors (Lipinski definition) is 6. The van der Waals surface area contributed by atoms with Crippen LogP contribution in [-0.2, 0) is 6.61 Å². The van der Waals surface area contributed by atoms with Gasteiger partial charge in [-0.1, -0.05) is 12.1 Å². The van der Waals surface area contributed by atoms with E-state index in [1.807, 2.05) is 32.0 Å². The number of anilines is 1. The van der Waals surface area contributed by atoms with Crippen LogP contribution in [0.15, 0.2) is 47.0 Å². The molecule has 0 atom stereocenters. The summed E-state index contributed by atoms with van der Waals surface area (Å²) >= 11 is 0. The normalized spacial score (nSPS) is 10.9. The molecule has 6 nitrogen and oxygen atoms in total. The Hall–Kier alpha value is -3.69. The minimum Gasteiger partial charge on any atom is -0.435 e. The fourth-order valence-corrected chi connectivity index (χ4v) is 3.33. The molecule has 138 valence electrons. The number of nitrogens with zero attached hydrogens (tertiary/aromatic N) is 3. The number of rotatable bonds is 3. The minimum absolute atomic E-state index is 0.165. The molecule has 3 N–H and O–H groups in total. The van der Waals surface area contributed by atoms with Gasteiger partial charge in [-0.3, -0.25) is 4.98 Å². The van der Waals surface area contributed by atoms with Crippen molar-refractivity contribution >= 4 is 16.8 Å². The number of oxazole rings is 1. The number of nitrogen functional groups attached to an aromatic ring is 1. The van der Waals surface area contributed by atoms with E-state index in [-0.39, 0.29) is 6.61 Å². The molecule has 4 rings (SSSR count). The maximum atomic E-state index is 9.41. The van der Waals surface area contributed by atoms with Crippen LogP contribution >= 0.6 is 0 Å². The van der Waals surface area contributed by atoms with Gasteiger partial charge < -0.3 is 15.3 Å². The average molecular weight is 370 g/mol. The highest BCUT2D eigenvalue weighted by Gasteiger charge is 2.17. The second kappa shape index (κ2) is 6.80. The van der Waals surface area contributed by atoms with Crippen LogP contribution in [0, 0.1) is 25.2 Å². The highest BCUT2D eigenvalue weighted by molar-refractivity contribution is 5.84. The molecule has 0 saturated carbocycles. The second-order valence-corrected chi connectivity index (χ2v) is 6.63. The van der Waals surface area contributed by atoms with Gasteiger partial charge >= 0.3 is 0 Å². The molecular weight excluding hydrogens is 352 g/mol. The van der Waals surface area contributed by atoms with Gasteiger partial charge in [-0.15, -0.1) is 0 Å². The Kier molecular flexibility index (Phi) is 4.30. The summed E-state index contributed by atoms with van der Waals surface area (Å²) in [6.07, 6.45) is 1.69. The van der Waals surface area contributed by atoms with E-state index < -0.39 is 0 Å². The average Bonchev–Trinajstić information content (AvgIpc) is 3.13. The molecule has 0 aliphatic rings. The Balaban J connectivity index is 1.91. The summed E-state index contributed by atoms with van der Waals surface area (Å²) in [5.41, 5.74) is 13.1. The van der Waals surface area contributed by atoms with Crippen molar-refractivity contribution in [3.63, 3.8) is 0 Å². The third kappa shape index (κ3) is 2.79. The zero-order chi connectivity index (χ0) is 19.8. The zero-order valence-electron chi connectivity index (χ0n) is 15.5. The standard InChI is InChI=1S/C22H18N4O2/c1-12-16(20-13(2)18(24)6-7-25-20)4-3-5-17(12)22-26-19-9-14(11-27)8-15(10-23)21(19)28-22/h3-9,27H,11H2,1-2H3,(H2,24,25). The van der Waals surface area contributed by atoms with Gasteiger partial charge in [-0.05, 0) is 54.8 Å². The van der Waals surface area contributed by atoms with Gasteiger partial charge in [-0.25, -0.2) is 4.98 Å². The van der Waals surface area contributed by atoms with Gasteiger partial charge in [0.1, 0.15) is 11.6 Å². The summed E-state index contributed by atoms with van der Waals surface area (Å²) in [6.45, 7) is 3.76. The number of aliphatic hydroxyl groups excluding tert-OH is 1. The number of nitriles is 1. The van der Waals surface area contributed by atoms with E-state index in [0.717, 1.165) is 27.9 Å². The summed E-state index contributed by atoms with van der Waals surface area (Å²) in [7, 11) is 0. The first-order valence-corrected chi connectivity index (χ1v) is 8.79. The first kappa shape index (κ1) is 17.7. The Labute approximate surface area is 161 Å². The predicted octanol–water partition coefficient (Wildman–Crippen LogP) is 4.12. The van der Waals surface area contributed by atoms with E-state index in [1.54, 1.807) is 24.4 Å². The molecule has 0 spiro atoms. The molecule has 0 saturated heterocycles. The predicted molar refractivity (Wildman–Crippen MR) is 107 cm³/mol. The number of pyridine rings is 1. The van der Waals surface area contributed by atoms with E-state index in [1.165, 1.54) is 0 Å².